The number of rotatable bonds is 6. The fourth-order valence-corrected chi connectivity index (χ4v) is 2.71. The molecule has 1 atom stereocenters. The molecule has 146 valence electrons. The summed E-state index contributed by atoms with van der Waals surface area (Å²) in [6.07, 6.45) is -1.09. The van der Waals surface area contributed by atoms with Crippen molar-refractivity contribution in [3.05, 3.63) is 83.9 Å². The number of imidazole rings is 1. The number of carbonyl (C=O) groups excluding carboxylic acids is 1. The third-order valence-electron chi connectivity index (χ3n) is 4.09. The van der Waals surface area contributed by atoms with E-state index in [1.807, 2.05) is 37.4 Å². The lowest BCUT2D eigenvalue weighted by Crippen LogP contribution is -2.34. The monoisotopic (exact) mass is 389 g/mol. The summed E-state index contributed by atoms with van der Waals surface area (Å²) in [6, 6.07) is 13.1. The Morgan fingerprint density at radius 2 is 1.93 bits per heavy atom. The van der Waals surface area contributed by atoms with Crippen LogP contribution in [0.5, 0.6) is 5.75 Å². The first-order valence-electron chi connectivity index (χ1n) is 8.46. The largest absolute Gasteiger partial charge is 0.484 e. The number of amides is 1. The predicted octanol–water partition coefficient (Wildman–Crippen LogP) is 3.72. The molecule has 5 nitrogen and oxygen atoms in total. The van der Waals surface area contributed by atoms with Crippen molar-refractivity contribution in [3.63, 3.8) is 0 Å². The highest BCUT2D eigenvalue weighted by Crippen LogP contribution is 2.31. The van der Waals surface area contributed by atoms with Crippen molar-refractivity contribution in [1.29, 1.82) is 0 Å². The van der Waals surface area contributed by atoms with Gasteiger partial charge in [0.15, 0.2) is 6.61 Å². The van der Waals surface area contributed by atoms with Crippen LogP contribution in [-0.4, -0.2) is 22.1 Å². The molecule has 1 N–H and O–H groups in total. The summed E-state index contributed by atoms with van der Waals surface area (Å²) in [6.45, 7) is -0.422. The van der Waals surface area contributed by atoms with E-state index in [0.29, 0.717) is 5.82 Å². The second-order valence-corrected chi connectivity index (χ2v) is 6.12. The number of alkyl halides is 3. The van der Waals surface area contributed by atoms with Gasteiger partial charge in [0.25, 0.3) is 5.91 Å². The fraction of sp³-hybridized carbons (Fsp3) is 0.200. The van der Waals surface area contributed by atoms with Crippen LogP contribution in [0.3, 0.4) is 0 Å². The van der Waals surface area contributed by atoms with Crippen molar-refractivity contribution >= 4 is 5.91 Å². The van der Waals surface area contributed by atoms with Gasteiger partial charge in [-0.05, 0) is 23.8 Å². The molecule has 0 fully saturated rings. The molecule has 8 heteroatoms. The number of aryl methyl sites for hydroxylation is 1. The lowest BCUT2D eigenvalue weighted by Gasteiger charge is -2.19. The molecule has 1 aromatic heterocycles. The van der Waals surface area contributed by atoms with Crippen LogP contribution in [0.2, 0.25) is 0 Å². The molecular weight excluding hydrogens is 371 g/mol. The molecule has 0 saturated carbocycles. The van der Waals surface area contributed by atoms with Crippen molar-refractivity contribution in [1.82, 2.24) is 14.9 Å². The molecule has 0 aliphatic rings. The van der Waals surface area contributed by atoms with Crippen molar-refractivity contribution < 1.29 is 22.7 Å². The topological polar surface area (TPSA) is 56.2 Å². The zero-order valence-electron chi connectivity index (χ0n) is 15.0. The Morgan fingerprint density at radius 1 is 1.18 bits per heavy atom. The smallest absolute Gasteiger partial charge is 0.416 e. The number of hydrogen-bond acceptors (Lipinski definition) is 3. The van der Waals surface area contributed by atoms with Crippen LogP contribution in [0.1, 0.15) is 23.0 Å². The van der Waals surface area contributed by atoms with E-state index >= 15 is 0 Å². The molecule has 3 rings (SSSR count). The summed E-state index contributed by atoms with van der Waals surface area (Å²) < 4.78 is 45.4. The minimum absolute atomic E-state index is 0.0294. The van der Waals surface area contributed by atoms with E-state index in [-0.39, 0.29) is 5.75 Å². The summed E-state index contributed by atoms with van der Waals surface area (Å²) in [5.74, 6) is 0.117. The van der Waals surface area contributed by atoms with E-state index in [0.717, 1.165) is 17.7 Å². The molecule has 0 bridgehead atoms. The number of nitrogens with zero attached hydrogens (tertiary/aromatic N) is 2. The van der Waals surface area contributed by atoms with Crippen LogP contribution >= 0.6 is 0 Å². The maximum absolute atomic E-state index is 12.8. The van der Waals surface area contributed by atoms with Crippen LogP contribution in [0.25, 0.3) is 0 Å². The number of nitrogens with one attached hydrogen (secondary N) is 1. The fourth-order valence-electron chi connectivity index (χ4n) is 2.71. The van der Waals surface area contributed by atoms with Crippen LogP contribution in [-0.2, 0) is 18.0 Å². The first kappa shape index (κ1) is 19.5. The highest BCUT2D eigenvalue weighted by atomic mass is 19.4. The number of benzene rings is 2. The second-order valence-electron chi connectivity index (χ2n) is 6.12. The Bertz CT molecular complexity index is 939. The van der Waals surface area contributed by atoms with Gasteiger partial charge in [0, 0.05) is 19.4 Å². The summed E-state index contributed by atoms with van der Waals surface area (Å²) in [7, 11) is 1.81. The lowest BCUT2D eigenvalue weighted by molar-refractivity contribution is -0.137. The van der Waals surface area contributed by atoms with Crippen LogP contribution < -0.4 is 10.1 Å². The standard InChI is InChI=1S/C20H18F3N3O2/c1-26-11-10-24-19(26)18(14-6-3-2-4-7-14)25-17(27)13-28-16-9-5-8-15(12-16)20(21,22)23/h2-12,18H,13H2,1H3,(H,25,27)/t18-/m1/s1. The average molecular weight is 389 g/mol. The maximum Gasteiger partial charge on any atom is 0.416 e. The summed E-state index contributed by atoms with van der Waals surface area (Å²) in [5.41, 5.74) is -0.00945. The number of halogens is 3. The second kappa shape index (κ2) is 8.16. The van der Waals surface area contributed by atoms with E-state index in [1.54, 1.807) is 17.0 Å². The zero-order chi connectivity index (χ0) is 20.1. The van der Waals surface area contributed by atoms with E-state index in [9.17, 15) is 18.0 Å². The molecule has 0 spiro atoms. The van der Waals surface area contributed by atoms with Crippen molar-refractivity contribution in [2.24, 2.45) is 7.05 Å². The van der Waals surface area contributed by atoms with Gasteiger partial charge < -0.3 is 14.6 Å². The van der Waals surface area contributed by atoms with Gasteiger partial charge in [-0.3, -0.25) is 4.79 Å². The maximum atomic E-state index is 12.8. The summed E-state index contributed by atoms with van der Waals surface area (Å²) >= 11 is 0. The lowest BCUT2D eigenvalue weighted by atomic mass is 10.1. The number of aromatic nitrogens is 2. The van der Waals surface area contributed by atoms with Crippen LogP contribution in [0.15, 0.2) is 67.0 Å². The van der Waals surface area contributed by atoms with Gasteiger partial charge in [0.2, 0.25) is 0 Å². The van der Waals surface area contributed by atoms with Gasteiger partial charge in [0.05, 0.1) is 5.56 Å². The van der Waals surface area contributed by atoms with Gasteiger partial charge in [0.1, 0.15) is 17.6 Å². The molecule has 3 aromatic rings. The average Bonchev–Trinajstić information content (AvgIpc) is 3.10. The zero-order valence-corrected chi connectivity index (χ0v) is 15.0. The third kappa shape index (κ3) is 4.70. The molecule has 0 unspecified atom stereocenters. The Balaban J connectivity index is 1.71. The first-order valence-corrected chi connectivity index (χ1v) is 8.46. The molecule has 1 heterocycles. The number of ether oxygens (including phenoxy) is 1. The Morgan fingerprint density at radius 3 is 2.57 bits per heavy atom. The Hall–Kier alpha value is -3.29. The summed E-state index contributed by atoms with van der Waals surface area (Å²) in [4.78, 5) is 16.7. The van der Waals surface area contributed by atoms with Gasteiger partial charge >= 0.3 is 6.18 Å². The molecule has 0 saturated heterocycles. The van der Waals surface area contributed by atoms with Gasteiger partial charge in [-0.15, -0.1) is 0 Å². The number of carbonyl (C=O) groups is 1. The van der Waals surface area contributed by atoms with E-state index in [2.05, 4.69) is 10.3 Å². The molecule has 28 heavy (non-hydrogen) atoms. The van der Waals surface area contributed by atoms with E-state index < -0.39 is 30.3 Å². The van der Waals surface area contributed by atoms with Crippen molar-refractivity contribution in [3.8, 4) is 5.75 Å². The molecule has 2 aromatic carbocycles. The van der Waals surface area contributed by atoms with Crippen LogP contribution in [0, 0.1) is 0 Å². The molecular formula is C20H18F3N3O2. The molecule has 1 amide bonds. The third-order valence-corrected chi connectivity index (χ3v) is 4.09. The van der Waals surface area contributed by atoms with E-state index in [1.165, 1.54) is 12.1 Å². The molecule has 0 aliphatic heterocycles. The van der Waals surface area contributed by atoms with Crippen molar-refractivity contribution in [2.75, 3.05) is 6.61 Å². The Labute approximate surface area is 159 Å². The van der Waals surface area contributed by atoms with Gasteiger partial charge in [-0.2, -0.15) is 13.2 Å². The van der Waals surface area contributed by atoms with Crippen molar-refractivity contribution in [2.45, 2.75) is 12.2 Å². The quantitative estimate of drug-likeness (QED) is 0.699. The highest BCUT2D eigenvalue weighted by Gasteiger charge is 2.30. The highest BCUT2D eigenvalue weighted by molar-refractivity contribution is 5.78. The summed E-state index contributed by atoms with van der Waals surface area (Å²) in [5, 5.41) is 2.82. The SMILES string of the molecule is Cn1ccnc1[C@H](NC(=O)COc1cccc(C(F)(F)F)c1)c1ccccc1. The van der Waals surface area contributed by atoms with Crippen LogP contribution in [0.4, 0.5) is 13.2 Å². The molecule has 0 radical (unpaired) electrons. The minimum Gasteiger partial charge on any atom is -0.484 e. The van der Waals surface area contributed by atoms with Gasteiger partial charge in [-0.1, -0.05) is 36.4 Å². The minimum atomic E-state index is -4.47. The molecule has 0 aliphatic carbocycles. The van der Waals surface area contributed by atoms with Gasteiger partial charge in [-0.25, -0.2) is 4.98 Å². The Kier molecular flexibility index (Phi) is 5.67. The first-order chi connectivity index (χ1) is 13.3. The normalized spacial score (nSPS) is 12.4. The van der Waals surface area contributed by atoms with E-state index in [4.69, 9.17) is 4.74 Å². The number of hydrogen-bond donors (Lipinski definition) is 1. The predicted molar refractivity (Wildman–Crippen MR) is 96.6 cm³/mol.